The monoisotopic (exact) mass is 787 g/mol. The molecule has 288 valence electrons. The van der Waals surface area contributed by atoms with Crippen molar-refractivity contribution in [2.45, 2.75) is 39.0 Å². The van der Waals surface area contributed by atoms with Gasteiger partial charge in [0.2, 0.25) is 0 Å². The van der Waals surface area contributed by atoms with E-state index in [1.165, 1.54) is 108 Å². The van der Waals surface area contributed by atoms with E-state index < -0.39 is 0 Å². The van der Waals surface area contributed by atoms with E-state index in [-0.39, 0.29) is 11.8 Å². The first-order chi connectivity index (χ1) is 29.5. The lowest BCUT2D eigenvalue weighted by Crippen LogP contribution is -2.10. The molecule has 2 aromatic heterocycles. The van der Waals surface area contributed by atoms with Crippen LogP contribution in [0.5, 0.6) is 0 Å². The normalized spacial score (nSPS) is 15.3. The average Bonchev–Trinajstić information content (AvgIpc) is 3.85. The lowest BCUT2D eigenvalue weighted by molar-refractivity contribution is 0.803. The van der Waals surface area contributed by atoms with Crippen LogP contribution in [0.25, 0.3) is 80.9 Å². The molecule has 2 atom stereocenters. The summed E-state index contributed by atoms with van der Waals surface area (Å²) in [6.45, 7) is 11.9. The Morgan fingerprint density at radius 3 is 2.20 bits per heavy atom. The number of benzene rings is 8. The van der Waals surface area contributed by atoms with Crippen LogP contribution in [-0.2, 0) is 0 Å². The second-order valence-electron chi connectivity index (χ2n) is 16.4. The maximum atomic E-state index is 5.02. The minimum Gasteiger partial charge on any atom is -0.308 e. The molecule has 0 radical (unpaired) electrons. The summed E-state index contributed by atoms with van der Waals surface area (Å²) in [4.78, 5) is 0. The van der Waals surface area contributed by atoms with Crippen molar-refractivity contribution in [3.05, 3.63) is 221 Å². The maximum absolute atomic E-state index is 5.02. The zero-order valence-electron chi connectivity index (χ0n) is 34.2. The number of hydrogen-bond donors (Lipinski definition) is 0. The third kappa shape index (κ3) is 5.66. The van der Waals surface area contributed by atoms with Crippen LogP contribution in [-0.4, -0.2) is 4.57 Å². The van der Waals surface area contributed by atoms with Crippen LogP contribution in [0, 0.1) is 0 Å². The highest BCUT2D eigenvalue weighted by Gasteiger charge is 2.28. The Bertz CT molecular complexity index is 3460. The molecule has 0 spiro atoms. The lowest BCUT2D eigenvalue weighted by Gasteiger charge is -2.29. The molecule has 60 heavy (non-hydrogen) atoms. The van der Waals surface area contributed by atoms with Crippen molar-refractivity contribution in [2.24, 2.45) is 0 Å². The number of aromatic nitrogens is 1. The van der Waals surface area contributed by atoms with E-state index in [0.29, 0.717) is 0 Å². The third-order valence-electron chi connectivity index (χ3n) is 13.2. The van der Waals surface area contributed by atoms with Crippen molar-refractivity contribution in [1.29, 1.82) is 0 Å². The van der Waals surface area contributed by atoms with Gasteiger partial charge in [0.1, 0.15) is 0 Å². The van der Waals surface area contributed by atoms with Crippen molar-refractivity contribution in [3.63, 3.8) is 0 Å². The number of hydrogen-bond acceptors (Lipinski definition) is 1. The predicted octanol–water partition coefficient (Wildman–Crippen LogP) is 16.7. The fourth-order valence-electron chi connectivity index (χ4n) is 10.3. The molecule has 1 nitrogen and oxygen atoms in total. The molecule has 0 aliphatic heterocycles. The van der Waals surface area contributed by atoms with Crippen molar-refractivity contribution >= 4 is 86.5 Å². The SMILES string of the molecule is C=C(/C(=C(C)\C(=C/C)C1CC=Cc2ccccc21)c1ccccc1)C(C)c1ccc(-n2c3cc4ccccc4cc3c3c4ccccc4ccc32)c2sc3ccccc3c12. The molecule has 2 heterocycles. The highest BCUT2D eigenvalue weighted by Crippen LogP contribution is 2.49. The second-order valence-corrected chi connectivity index (χ2v) is 17.4. The second kappa shape index (κ2) is 14.5. The molecule has 0 N–H and O–H groups in total. The van der Waals surface area contributed by atoms with Gasteiger partial charge in [0, 0.05) is 38.1 Å². The van der Waals surface area contributed by atoms with Gasteiger partial charge < -0.3 is 4.57 Å². The molecule has 2 unspecified atom stereocenters. The van der Waals surface area contributed by atoms with Crippen LogP contribution in [0.15, 0.2) is 199 Å². The van der Waals surface area contributed by atoms with Crippen LogP contribution in [0.4, 0.5) is 0 Å². The quantitative estimate of drug-likeness (QED) is 0.142. The predicted molar refractivity (Wildman–Crippen MR) is 262 cm³/mol. The van der Waals surface area contributed by atoms with E-state index >= 15 is 0 Å². The number of rotatable bonds is 7. The van der Waals surface area contributed by atoms with Crippen molar-refractivity contribution in [2.75, 3.05) is 0 Å². The molecule has 2 heteroatoms. The molecular weight excluding hydrogens is 743 g/mol. The van der Waals surface area contributed by atoms with Crippen LogP contribution >= 0.6 is 11.3 Å². The van der Waals surface area contributed by atoms with Crippen LogP contribution in [0.3, 0.4) is 0 Å². The van der Waals surface area contributed by atoms with E-state index in [1.54, 1.807) is 0 Å². The van der Waals surface area contributed by atoms with E-state index in [9.17, 15) is 0 Å². The molecule has 10 aromatic rings. The zero-order valence-corrected chi connectivity index (χ0v) is 35.1. The van der Waals surface area contributed by atoms with Crippen LogP contribution in [0.2, 0.25) is 0 Å². The molecule has 11 rings (SSSR count). The molecule has 0 fully saturated rings. The van der Waals surface area contributed by atoms with E-state index in [0.717, 1.165) is 12.0 Å². The Labute approximate surface area is 355 Å². The third-order valence-corrected chi connectivity index (χ3v) is 14.4. The summed E-state index contributed by atoms with van der Waals surface area (Å²) in [5.41, 5.74) is 13.9. The number of allylic oxidation sites excluding steroid dienone is 6. The van der Waals surface area contributed by atoms with Gasteiger partial charge in [0.25, 0.3) is 0 Å². The molecule has 1 aliphatic rings. The fourth-order valence-corrected chi connectivity index (χ4v) is 11.6. The molecule has 0 saturated heterocycles. The maximum Gasteiger partial charge on any atom is 0.0641 e. The molecule has 0 saturated carbocycles. The summed E-state index contributed by atoms with van der Waals surface area (Å²) in [7, 11) is 0. The van der Waals surface area contributed by atoms with E-state index in [4.69, 9.17) is 6.58 Å². The van der Waals surface area contributed by atoms with Gasteiger partial charge in [0.15, 0.2) is 0 Å². The number of nitrogens with zero attached hydrogens (tertiary/aromatic N) is 1. The Morgan fingerprint density at radius 2 is 1.38 bits per heavy atom. The van der Waals surface area contributed by atoms with Crippen molar-refractivity contribution in [3.8, 4) is 5.69 Å². The Hall–Kier alpha value is -6.74. The molecule has 0 amide bonds. The van der Waals surface area contributed by atoms with Gasteiger partial charge in [-0.2, -0.15) is 0 Å². The van der Waals surface area contributed by atoms with Crippen LogP contribution < -0.4 is 0 Å². The zero-order chi connectivity index (χ0) is 40.5. The minimum absolute atomic E-state index is 0.0346. The summed E-state index contributed by atoms with van der Waals surface area (Å²) < 4.78 is 5.14. The van der Waals surface area contributed by atoms with Crippen molar-refractivity contribution in [1.82, 2.24) is 4.57 Å². The largest absolute Gasteiger partial charge is 0.308 e. The van der Waals surface area contributed by atoms with Gasteiger partial charge in [-0.25, -0.2) is 0 Å². The summed E-state index contributed by atoms with van der Waals surface area (Å²) in [5.74, 6) is 0.317. The van der Waals surface area contributed by atoms with Gasteiger partial charge in [-0.1, -0.05) is 165 Å². The van der Waals surface area contributed by atoms with Gasteiger partial charge in [-0.15, -0.1) is 11.3 Å². The van der Waals surface area contributed by atoms with E-state index in [2.05, 4.69) is 207 Å². The lowest BCUT2D eigenvalue weighted by atomic mass is 9.75. The Morgan fingerprint density at radius 1 is 0.683 bits per heavy atom. The Balaban J connectivity index is 1.13. The van der Waals surface area contributed by atoms with Gasteiger partial charge >= 0.3 is 0 Å². The molecular formula is C58H45NS. The minimum atomic E-state index is 0.0346. The summed E-state index contributed by atoms with van der Waals surface area (Å²) in [6.07, 6.45) is 7.94. The molecule has 8 aromatic carbocycles. The highest BCUT2D eigenvalue weighted by atomic mass is 32.1. The molecule has 0 bridgehead atoms. The number of thiophene rings is 1. The summed E-state index contributed by atoms with van der Waals surface area (Å²) >= 11 is 1.91. The van der Waals surface area contributed by atoms with E-state index in [1.807, 2.05) is 11.3 Å². The first kappa shape index (κ1) is 36.3. The fraction of sp³-hybridized carbons (Fsp3) is 0.103. The van der Waals surface area contributed by atoms with Crippen molar-refractivity contribution < 1.29 is 0 Å². The van der Waals surface area contributed by atoms with Gasteiger partial charge in [-0.3, -0.25) is 0 Å². The average molecular weight is 788 g/mol. The smallest absolute Gasteiger partial charge is 0.0641 e. The van der Waals surface area contributed by atoms with Gasteiger partial charge in [0.05, 0.1) is 21.4 Å². The topological polar surface area (TPSA) is 4.93 Å². The highest BCUT2D eigenvalue weighted by molar-refractivity contribution is 7.26. The Kier molecular flexibility index (Phi) is 8.79. The standard InChI is InChI=1S/C58H45NS/c1-5-44(48-28-17-24-39-18-11-13-25-46(39)48)38(4)55(41-20-7-6-8-21-41)37(3)36(2)45-31-33-52(58-57(45)49-27-15-16-29-54(49)60-58)59-51-32-30-40-19-12-14-26-47(40)56(51)50-34-42-22-9-10-23-43(42)35-53(50)59/h5-27,29-36,48H,3,28H2,1-2,4H3/b44-5+,55-38+. The molecule has 1 aliphatic carbocycles. The number of fused-ring (bicyclic) bond motifs is 10. The first-order valence-electron chi connectivity index (χ1n) is 21.2. The summed E-state index contributed by atoms with van der Waals surface area (Å²) in [5, 5.41) is 10.3. The van der Waals surface area contributed by atoms with Crippen LogP contribution in [0.1, 0.15) is 61.3 Å². The van der Waals surface area contributed by atoms with Gasteiger partial charge in [-0.05, 0) is 117 Å². The summed E-state index contributed by atoms with van der Waals surface area (Å²) in [6, 6.07) is 60.6. The first-order valence-corrected chi connectivity index (χ1v) is 22.0.